The molecule has 1 aromatic carbocycles. The molecule has 0 unspecified atom stereocenters. The van der Waals surface area contributed by atoms with E-state index in [0.29, 0.717) is 17.3 Å². The zero-order valence-electron chi connectivity index (χ0n) is 17.8. The largest absolute Gasteiger partial charge is 0.497 e. The third-order valence-electron chi connectivity index (χ3n) is 4.97. The third kappa shape index (κ3) is 4.65. The molecule has 1 fully saturated rings. The molecule has 0 atom stereocenters. The van der Waals surface area contributed by atoms with Crippen LogP contribution >= 0.6 is 0 Å². The zero-order chi connectivity index (χ0) is 23.5. The number of pyridine rings is 1. The van der Waals surface area contributed by atoms with Gasteiger partial charge in [0.05, 0.1) is 41.4 Å². The minimum atomic E-state index is -4.02. The highest BCUT2D eigenvalue weighted by Gasteiger charge is 2.37. The van der Waals surface area contributed by atoms with Crippen LogP contribution in [0.5, 0.6) is 5.75 Å². The second kappa shape index (κ2) is 9.23. The molecule has 0 spiro atoms. The molecule has 0 aliphatic carbocycles. The van der Waals surface area contributed by atoms with Gasteiger partial charge in [-0.15, -0.1) is 0 Å². The Hall–Kier alpha value is -3.65. The van der Waals surface area contributed by atoms with Crippen molar-refractivity contribution < 1.29 is 27.5 Å². The third-order valence-corrected chi connectivity index (χ3v) is 6.33. The molecule has 1 aliphatic rings. The Morgan fingerprint density at radius 1 is 1.28 bits per heavy atom. The number of sulfonamides is 1. The zero-order valence-corrected chi connectivity index (χ0v) is 18.6. The smallest absolute Gasteiger partial charge is 0.340 e. The summed E-state index contributed by atoms with van der Waals surface area (Å²) in [5, 5.41) is 9.47. The summed E-state index contributed by atoms with van der Waals surface area (Å²) in [4.78, 5) is 30.5. The fourth-order valence-electron chi connectivity index (χ4n) is 3.18. The maximum atomic E-state index is 12.5. The van der Waals surface area contributed by atoms with Gasteiger partial charge in [0.2, 0.25) is 5.91 Å². The number of nitrogens with zero attached hydrogens (tertiary/aromatic N) is 3. The molecular formula is C21H22N4O6S. The molecule has 1 N–H and O–H groups in total. The van der Waals surface area contributed by atoms with Crippen molar-refractivity contribution in [2.75, 3.05) is 31.7 Å². The second-order valence-corrected chi connectivity index (χ2v) is 8.75. The number of methoxy groups -OCH3 is 1. The number of anilines is 1. The van der Waals surface area contributed by atoms with Gasteiger partial charge in [0.15, 0.2) is 0 Å². The minimum Gasteiger partial charge on any atom is -0.497 e. The van der Waals surface area contributed by atoms with Crippen molar-refractivity contribution in [3.63, 3.8) is 0 Å². The van der Waals surface area contributed by atoms with Crippen LogP contribution in [0.4, 0.5) is 5.82 Å². The van der Waals surface area contributed by atoms with Gasteiger partial charge in [-0.2, -0.15) is 5.26 Å². The molecule has 10 nitrogen and oxygen atoms in total. The summed E-state index contributed by atoms with van der Waals surface area (Å²) in [6, 6.07) is 9.08. The molecule has 11 heteroatoms. The lowest BCUT2D eigenvalue weighted by Crippen LogP contribution is -2.55. The number of nitrogens with one attached hydrogen (secondary N) is 1. The van der Waals surface area contributed by atoms with Crippen molar-refractivity contribution in [1.29, 1.82) is 5.26 Å². The number of ether oxygens (including phenoxy) is 2. The van der Waals surface area contributed by atoms with Gasteiger partial charge in [0, 0.05) is 13.1 Å². The second-order valence-electron chi connectivity index (χ2n) is 7.07. The molecule has 1 amide bonds. The average molecular weight is 458 g/mol. The van der Waals surface area contributed by atoms with Crippen LogP contribution in [0, 0.1) is 24.2 Å². The van der Waals surface area contributed by atoms with E-state index >= 15 is 0 Å². The highest BCUT2D eigenvalue weighted by atomic mass is 32.2. The first kappa shape index (κ1) is 23.0. The summed E-state index contributed by atoms with van der Waals surface area (Å²) < 4.78 is 37.0. The van der Waals surface area contributed by atoms with E-state index in [9.17, 15) is 23.3 Å². The van der Waals surface area contributed by atoms with Crippen LogP contribution in [0.1, 0.15) is 28.5 Å². The topological polar surface area (TPSA) is 139 Å². The van der Waals surface area contributed by atoms with E-state index in [-0.39, 0.29) is 35.7 Å². The summed E-state index contributed by atoms with van der Waals surface area (Å²) in [6.45, 7) is 3.88. The number of benzene rings is 1. The molecule has 2 aromatic rings. The number of nitriles is 1. The van der Waals surface area contributed by atoms with E-state index in [1.54, 1.807) is 18.7 Å². The number of esters is 1. The van der Waals surface area contributed by atoms with Crippen LogP contribution in [0.25, 0.3) is 0 Å². The Balaban J connectivity index is 1.69. The molecular weight excluding hydrogens is 436 g/mol. The molecule has 32 heavy (non-hydrogen) atoms. The van der Waals surface area contributed by atoms with E-state index in [0.717, 1.165) is 0 Å². The Morgan fingerprint density at radius 3 is 2.50 bits per heavy atom. The summed E-state index contributed by atoms with van der Waals surface area (Å²) in [6.07, 6.45) is 0. The monoisotopic (exact) mass is 458 g/mol. The molecule has 0 radical (unpaired) electrons. The van der Waals surface area contributed by atoms with Crippen LogP contribution in [0.15, 0.2) is 35.2 Å². The quantitative estimate of drug-likeness (QED) is 0.610. The number of amides is 1. The Kier molecular flexibility index (Phi) is 6.64. The Morgan fingerprint density at radius 2 is 1.94 bits per heavy atom. The van der Waals surface area contributed by atoms with Crippen molar-refractivity contribution in [3.8, 4) is 11.8 Å². The lowest BCUT2D eigenvalue weighted by atomic mass is 9.98. The summed E-state index contributed by atoms with van der Waals surface area (Å²) >= 11 is 0. The van der Waals surface area contributed by atoms with E-state index in [1.165, 1.54) is 37.4 Å². The van der Waals surface area contributed by atoms with Gasteiger partial charge in [0.1, 0.15) is 17.6 Å². The van der Waals surface area contributed by atoms with Crippen molar-refractivity contribution in [3.05, 3.63) is 47.2 Å². The maximum absolute atomic E-state index is 12.5. The molecule has 2 heterocycles. The van der Waals surface area contributed by atoms with Crippen LogP contribution < -0.4 is 14.4 Å². The number of aryl methyl sites for hydroxylation is 1. The first-order valence-electron chi connectivity index (χ1n) is 9.74. The van der Waals surface area contributed by atoms with Gasteiger partial charge in [-0.25, -0.2) is 22.9 Å². The number of hydrogen-bond acceptors (Lipinski definition) is 9. The normalized spacial score (nSPS) is 13.6. The van der Waals surface area contributed by atoms with Crippen molar-refractivity contribution in [1.82, 2.24) is 9.71 Å². The number of hydrogen-bond donors (Lipinski definition) is 1. The van der Waals surface area contributed by atoms with Gasteiger partial charge >= 0.3 is 5.97 Å². The average Bonchev–Trinajstić information content (AvgIpc) is 2.72. The van der Waals surface area contributed by atoms with E-state index in [4.69, 9.17) is 9.47 Å². The first-order chi connectivity index (χ1) is 15.2. The highest BCUT2D eigenvalue weighted by Crippen LogP contribution is 2.28. The number of rotatable bonds is 7. The summed E-state index contributed by atoms with van der Waals surface area (Å²) in [7, 11) is -2.56. The number of aromatic nitrogens is 1. The number of carbonyl (C=O) groups is 2. The summed E-state index contributed by atoms with van der Waals surface area (Å²) in [5.41, 5.74) is 0.767. The lowest BCUT2D eigenvalue weighted by Gasteiger charge is -2.39. The highest BCUT2D eigenvalue weighted by molar-refractivity contribution is 7.90. The molecule has 1 aromatic heterocycles. The van der Waals surface area contributed by atoms with Gasteiger partial charge < -0.3 is 14.4 Å². The van der Waals surface area contributed by atoms with Gasteiger partial charge in [-0.1, -0.05) is 0 Å². The standard InChI is InChI=1S/C21H22N4O6S/c1-4-31-21(27)18-9-14(10-22)19(23-13(18)2)25-11-15(12-25)20(26)24-32(28,29)17-7-5-16(30-3)6-8-17/h5-9,15H,4,11-12H2,1-3H3,(H,24,26). The molecule has 1 aliphatic heterocycles. The molecule has 0 saturated carbocycles. The molecule has 3 rings (SSSR count). The predicted molar refractivity (Wildman–Crippen MR) is 114 cm³/mol. The Bertz CT molecular complexity index is 1180. The van der Waals surface area contributed by atoms with Crippen LogP contribution in [0.3, 0.4) is 0 Å². The van der Waals surface area contributed by atoms with Crippen molar-refractivity contribution in [2.24, 2.45) is 5.92 Å². The first-order valence-corrected chi connectivity index (χ1v) is 11.2. The fourth-order valence-corrected chi connectivity index (χ4v) is 4.22. The minimum absolute atomic E-state index is 0.0542. The molecule has 1 saturated heterocycles. The van der Waals surface area contributed by atoms with Gasteiger partial charge in [-0.05, 0) is 44.2 Å². The van der Waals surface area contributed by atoms with E-state index in [2.05, 4.69) is 9.71 Å². The van der Waals surface area contributed by atoms with Crippen LogP contribution in [-0.4, -0.2) is 52.1 Å². The van der Waals surface area contributed by atoms with Crippen LogP contribution in [0.2, 0.25) is 0 Å². The van der Waals surface area contributed by atoms with E-state index in [1.807, 2.05) is 6.07 Å². The predicted octanol–water partition coefficient (Wildman–Crippen LogP) is 1.39. The van der Waals surface area contributed by atoms with Crippen molar-refractivity contribution in [2.45, 2.75) is 18.7 Å². The van der Waals surface area contributed by atoms with Gasteiger partial charge in [0.25, 0.3) is 10.0 Å². The number of carbonyl (C=O) groups excluding carboxylic acids is 2. The summed E-state index contributed by atoms with van der Waals surface area (Å²) in [5.74, 6) is -0.975. The molecule has 0 bridgehead atoms. The Labute approximate surface area is 185 Å². The van der Waals surface area contributed by atoms with Crippen molar-refractivity contribution >= 4 is 27.7 Å². The maximum Gasteiger partial charge on any atom is 0.340 e. The van der Waals surface area contributed by atoms with E-state index < -0.39 is 27.8 Å². The molecule has 168 valence electrons. The fraction of sp³-hybridized carbons (Fsp3) is 0.333. The van der Waals surface area contributed by atoms with Crippen LogP contribution in [-0.2, 0) is 19.6 Å². The van der Waals surface area contributed by atoms with Gasteiger partial charge in [-0.3, -0.25) is 4.79 Å². The SMILES string of the molecule is CCOC(=O)c1cc(C#N)c(N2CC(C(=O)NS(=O)(=O)c3ccc(OC)cc3)C2)nc1C. The lowest BCUT2D eigenvalue weighted by molar-refractivity contribution is -0.123.